The number of esters is 1. The summed E-state index contributed by atoms with van der Waals surface area (Å²) < 4.78 is 17.2. The molecule has 0 bridgehead atoms. The standard InChI is InChI=1S/C22H13NO5S/c1-12-16(28-22(25)17-6-4-10-26-17)9-8-13-19(24)14(11-27-20(12)13)21-23-15-5-2-3-7-18(15)29-21/h2-11H,1H3. The van der Waals surface area contributed by atoms with Crippen LogP contribution in [0, 0.1) is 6.92 Å². The van der Waals surface area contributed by atoms with Gasteiger partial charge in [0.05, 0.1) is 27.4 Å². The van der Waals surface area contributed by atoms with E-state index in [2.05, 4.69) is 4.98 Å². The van der Waals surface area contributed by atoms with Crippen LogP contribution in [-0.4, -0.2) is 11.0 Å². The van der Waals surface area contributed by atoms with Crippen LogP contribution in [0.3, 0.4) is 0 Å². The molecular weight excluding hydrogens is 390 g/mol. The van der Waals surface area contributed by atoms with Crippen molar-refractivity contribution in [1.82, 2.24) is 4.98 Å². The van der Waals surface area contributed by atoms with Gasteiger partial charge in [0.1, 0.15) is 22.6 Å². The maximum absolute atomic E-state index is 13.1. The van der Waals surface area contributed by atoms with Crippen molar-refractivity contribution in [3.8, 4) is 16.3 Å². The number of thiazole rings is 1. The lowest BCUT2D eigenvalue weighted by atomic mass is 10.1. The van der Waals surface area contributed by atoms with Crippen molar-refractivity contribution in [3.63, 3.8) is 0 Å². The fraction of sp³-hybridized carbons (Fsp3) is 0.0455. The molecule has 0 fully saturated rings. The Morgan fingerprint density at radius 3 is 2.72 bits per heavy atom. The number of ether oxygens (including phenoxy) is 1. The number of fused-ring (bicyclic) bond motifs is 2. The molecule has 7 heteroatoms. The second-order valence-electron chi connectivity index (χ2n) is 6.40. The number of para-hydroxylation sites is 1. The highest BCUT2D eigenvalue weighted by molar-refractivity contribution is 7.21. The molecule has 142 valence electrons. The minimum Gasteiger partial charge on any atom is -0.463 e. The molecule has 6 nitrogen and oxygen atoms in total. The zero-order chi connectivity index (χ0) is 20.0. The van der Waals surface area contributed by atoms with Crippen LogP contribution in [0.1, 0.15) is 16.1 Å². The molecule has 2 aromatic carbocycles. The number of aromatic nitrogens is 1. The lowest BCUT2D eigenvalue weighted by Crippen LogP contribution is -2.10. The third-order valence-corrected chi connectivity index (χ3v) is 5.66. The number of carbonyl (C=O) groups is 1. The number of carbonyl (C=O) groups excluding carboxylic acids is 1. The van der Waals surface area contributed by atoms with Gasteiger partial charge in [0, 0.05) is 5.56 Å². The molecule has 0 spiro atoms. The van der Waals surface area contributed by atoms with Gasteiger partial charge in [-0.1, -0.05) is 12.1 Å². The molecule has 0 atom stereocenters. The highest BCUT2D eigenvalue weighted by atomic mass is 32.1. The van der Waals surface area contributed by atoms with E-state index >= 15 is 0 Å². The molecule has 0 radical (unpaired) electrons. The molecule has 0 saturated heterocycles. The van der Waals surface area contributed by atoms with Crippen LogP contribution in [0.4, 0.5) is 0 Å². The Morgan fingerprint density at radius 2 is 1.93 bits per heavy atom. The van der Waals surface area contributed by atoms with Crippen LogP contribution in [0.25, 0.3) is 31.8 Å². The van der Waals surface area contributed by atoms with Crippen LogP contribution < -0.4 is 10.2 Å². The lowest BCUT2D eigenvalue weighted by molar-refractivity contribution is 0.0700. The summed E-state index contributed by atoms with van der Waals surface area (Å²) in [6.45, 7) is 1.73. The summed E-state index contributed by atoms with van der Waals surface area (Å²) in [6.07, 6.45) is 2.81. The van der Waals surface area contributed by atoms with Gasteiger partial charge in [-0.2, -0.15) is 0 Å². The van der Waals surface area contributed by atoms with Gasteiger partial charge in [0.15, 0.2) is 0 Å². The predicted molar refractivity (Wildman–Crippen MR) is 110 cm³/mol. The first-order valence-corrected chi connectivity index (χ1v) is 9.60. The summed E-state index contributed by atoms with van der Waals surface area (Å²) in [7, 11) is 0. The summed E-state index contributed by atoms with van der Waals surface area (Å²) in [4.78, 5) is 29.7. The van der Waals surface area contributed by atoms with Crippen molar-refractivity contribution >= 4 is 38.5 Å². The first kappa shape index (κ1) is 17.4. The summed E-state index contributed by atoms with van der Waals surface area (Å²) in [6, 6.07) is 14.0. The Bertz CT molecular complexity index is 1400. The van der Waals surface area contributed by atoms with Gasteiger partial charge in [0.2, 0.25) is 11.2 Å². The predicted octanol–water partition coefficient (Wildman–Crippen LogP) is 5.19. The van der Waals surface area contributed by atoms with Gasteiger partial charge in [-0.3, -0.25) is 4.79 Å². The number of rotatable bonds is 3. The first-order valence-electron chi connectivity index (χ1n) is 8.78. The third-order valence-electron chi connectivity index (χ3n) is 4.59. The smallest absolute Gasteiger partial charge is 0.379 e. The van der Waals surface area contributed by atoms with Gasteiger partial charge in [0.25, 0.3) is 0 Å². The van der Waals surface area contributed by atoms with Gasteiger partial charge in [-0.15, -0.1) is 11.3 Å². The SMILES string of the molecule is Cc1c(OC(=O)c2ccco2)ccc2c(=O)c(-c3nc4ccccc4s3)coc12. The molecule has 3 heterocycles. The molecule has 0 aliphatic rings. The Balaban J connectivity index is 1.58. The highest BCUT2D eigenvalue weighted by Gasteiger charge is 2.18. The average molecular weight is 403 g/mol. The molecule has 0 aliphatic carbocycles. The van der Waals surface area contributed by atoms with E-state index in [0.29, 0.717) is 32.9 Å². The molecule has 0 N–H and O–H groups in total. The van der Waals surface area contributed by atoms with Gasteiger partial charge < -0.3 is 13.6 Å². The molecule has 0 saturated carbocycles. The van der Waals surface area contributed by atoms with Crippen molar-refractivity contribution in [1.29, 1.82) is 0 Å². The van der Waals surface area contributed by atoms with Crippen LogP contribution in [0.2, 0.25) is 0 Å². The quantitative estimate of drug-likeness (QED) is 0.305. The maximum atomic E-state index is 13.1. The van der Waals surface area contributed by atoms with E-state index in [0.717, 1.165) is 10.2 Å². The van der Waals surface area contributed by atoms with Gasteiger partial charge in [-0.25, -0.2) is 9.78 Å². The Hall–Kier alpha value is -3.71. The summed E-state index contributed by atoms with van der Waals surface area (Å²) in [5, 5.41) is 1.00. The van der Waals surface area contributed by atoms with E-state index < -0.39 is 5.97 Å². The largest absolute Gasteiger partial charge is 0.463 e. The summed E-state index contributed by atoms with van der Waals surface area (Å²) >= 11 is 1.44. The van der Waals surface area contributed by atoms with Crippen LogP contribution >= 0.6 is 11.3 Å². The number of furan rings is 1. The maximum Gasteiger partial charge on any atom is 0.379 e. The van der Waals surface area contributed by atoms with Gasteiger partial charge >= 0.3 is 5.97 Å². The van der Waals surface area contributed by atoms with Crippen molar-refractivity contribution < 1.29 is 18.4 Å². The Kier molecular flexibility index (Phi) is 4.03. The Morgan fingerprint density at radius 1 is 1.07 bits per heavy atom. The molecule has 0 aliphatic heterocycles. The van der Waals surface area contributed by atoms with Crippen molar-refractivity contribution in [2.75, 3.05) is 0 Å². The minimum absolute atomic E-state index is 0.0946. The van der Waals surface area contributed by atoms with E-state index in [1.165, 1.54) is 29.9 Å². The van der Waals surface area contributed by atoms with E-state index in [1.54, 1.807) is 25.1 Å². The second kappa shape index (κ2) is 6.72. The molecule has 29 heavy (non-hydrogen) atoms. The van der Waals surface area contributed by atoms with E-state index in [4.69, 9.17) is 13.6 Å². The molecule has 3 aromatic heterocycles. The lowest BCUT2D eigenvalue weighted by Gasteiger charge is -2.08. The Labute approximate surface area is 168 Å². The zero-order valence-corrected chi connectivity index (χ0v) is 16.0. The second-order valence-corrected chi connectivity index (χ2v) is 7.43. The third kappa shape index (κ3) is 2.92. The first-order chi connectivity index (χ1) is 14.1. The monoisotopic (exact) mass is 403 g/mol. The van der Waals surface area contributed by atoms with Crippen LogP contribution in [-0.2, 0) is 0 Å². The average Bonchev–Trinajstić information content (AvgIpc) is 3.40. The number of benzene rings is 2. The molecular formula is C22H13NO5S. The fourth-order valence-electron chi connectivity index (χ4n) is 3.11. The fourth-order valence-corrected chi connectivity index (χ4v) is 4.08. The molecule has 0 amide bonds. The van der Waals surface area contributed by atoms with E-state index in [9.17, 15) is 9.59 Å². The molecule has 5 rings (SSSR count). The van der Waals surface area contributed by atoms with E-state index in [-0.39, 0.29) is 11.2 Å². The number of nitrogens with zero attached hydrogens (tertiary/aromatic N) is 1. The normalized spacial score (nSPS) is 11.2. The van der Waals surface area contributed by atoms with Crippen molar-refractivity contribution in [2.45, 2.75) is 6.92 Å². The van der Waals surface area contributed by atoms with Crippen molar-refractivity contribution in [2.24, 2.45) is 0 Å². The molecule has 0 unspecified atom stereocenters. The summed E-state index contributed by atoms with van der Waals surface area (Å²) in [5.74, 6) is -0.224. The minimum atomic E-state index is -0.620. The highest BCUT2D eigenvalue weighted by Crippen LogP contribution is 2.31. The summed E-state index contributed by atoms with van der Waals surface area (Å²) in [5.41, 5.74) is 1.97. The number of hydrogen-bond donors (Lipinski definition) is 0. The van der Waals surface area contributed by atoms with Gasteiger partial charge in [-0.05, 0) is 43.3 Å². The molecule has 5 aromatic rings. The van der Waals surface area contributed by atoms with Crippen LogP contribution in [0.5, 0.6) is 5.75 Å². The van der Waals surface area contributed by atoms with E-state index in [1.807, 2.05) is 24.3 Å². The van der Waals surface area contributed by atoms with Crippen molar-refractivity contribution in [3.05, 3.63) is 82.6 Å². The zero-order valence-electron chi connectivity index (χ0n) is 15.2. The topological polar surface area (TPSA) is 82.5 Å². The van der Waals surface area contributed by atoms with Crippen LogP contribution in [0.15, 0.2) is 74.7 Å². The number of aryl methyl sites for hydroxylation is 1. The number of hydrogen-bond acceptors (Lipinski definition) is 7.